The van der Waals surface area contributed by atoms with Gasteiger partial charge in [-0.2, -0.15) is 0 Å². The fourth-order valence-electron chi connectivity index (χ4n) is 1.26. The van der Waals surface area contributed by atoms with Crippen LogP contribution < -0.4 is 5.56 Å². The SMILES string of the molecule is Cn1cncc1-c1ncc(C(=O)O)c(=O)[nH]1. The molecule has 0 aliphatic carbocycles. The first-order valence-corrected chi connectivity index (χ1v) is 4.39. The van der Waals surface area contributed by atoms with Crippen molar-refractivity contribution < 1.29 is 9.90 Å². The molecule has 0 aliphatic heterocycles. The number of nitrogens with one attached hydrogen (secondary N) is 1. The minimum absolute atomic E-state index is 0.287. The Balaban J connectivity index is 2.55. The van der Waals surface area contributed by atoms with Gasteiger partial charge in [-0.25, -0.2) is 14.8 Å². The highest BCUT2D eigenvalue weighted by Gasteiger charge is 2.11. The number of nitrogens with zero attached hydrogens (tertiary/aromatic N) is 3. The maximum absolute atomic E-state index is 11.4. The highest BCUT2D eigenvalue weighted by molar-refractivity contribution is 5.86. The Morgan fingerprint density at radius 2 is 2.25 bits per heavy atom. The van der Waals surface area contributed by atoms with Crippen LogP contribution in [0.15, 0.2) is 23.5 Å². The number of H-pyrrole nitrogens is 1. The van der Waals surface area contributed by atoms with Crippen LogP contribution >= 0.6 is 0 Å². The van der Waals surface area contributed by atoms with E-state index in [0.29, 0.717) is 5.69 Å². The molecule has 2 N–H and O–H groups in total. The molecule has 0 aromatic carbocycles. The zero-order valence-corrected chi connectivity index (χ0v) is 8.34. The summed E-state index contributed by atoms with van der Waals surface area (Å²) in [6.45, 7) is 0. The zero-order chi connectivity index (χ0) is 11.7. The molecule has 0 fully saturated rings. The molecule has 7 nitrogen and oxygen atoms in total. The summed E-state index contributed by atoms with van der Waals surface area (Å²) in [5.74, 6) is -1.01. The second kappa shape index (κ2) is 3.61. The third kappa shape index (κ3) is 1.58. The van der Waals surface area contributed by atoms with Crippen molar-refractivity contribution >= 4 is 5.97 Å². The number of aryl methyl sites for hydroxylation is 1. The normalized spacial score (nSPS) is 10.3. The first kappa shape index (κ1) is 10.1. The Morgan fingerprint density at radius 3 is 2.75 bits per heavy atom. The van der Waals surface area contributed by atoms with E-state index in [4.69, 9.17) is 5.11 Å². The third-order valence-corrected chi connectivity index (χ3v) is 2.09. The predicted molar refractivity (Wildman–Crippen MR) is 54.0 cm³/mol. The van der Waals surface area contributed by atoms with Crippen molar-refractivity contribution in [2.75, 3.05) is 0 Å². The number of carbonyl (C=O) groups is 1. The first-order valence-electron chi connectivity index (χ1n) is 4.39. The fraction of sp³-hybridized carbons (Fsp3) is 0.111. The molecule has 2 rings (SSSR count). The molecular formula is C9H8N4O3. The van der Waals surface area contributed by atoms with Crippen molar-refractivity contribution in [2.24, 2.45) is 7.05 Å². The van der Waals surface area contributed by atoms with Crippen molar-refractivity contribution in [2.45, 2.75) is 0 Å². The molecule has 16 heavy (non-hydrogen) atoms. The van der Waals surface area contributed by atoms with E-state index >= 15 is 0 Å². The van der Waals surface area contributed by atoms with Gasteiger partial charge in [0, 0.05) is 13.2 Å². The van der Waals surface area contributed by atoms with Crippen LogP contribution in [0.5, 0.6) is 0 Å². The summed E-state index contributed by atoms with van der Waals surface area (Å²) in [6, 6.07) is 0. The van der Waals surface area contributed by atoms with Gasteiger partial charge in [0.15, 0.2) is 5.82 Å². The summed E-state index contributed by atoms with van der Waals surface area (Å²) in [7, 11) is 1.74. The van der Waals surface area contributed by atoms with Crippen molar-refractivity contribution in [1.82, 2.24) is 19.5 Å². The number of hydrogen-bond acceptors (Lipinski definition) is 4. The van der Waals surface area contributed by atoms with Crippen molar-refractivity contribution in [3.05, 3.63) is 34.6 Å². The van der Waals surface area contributed by atoms with Crippen LogP contribution in [0.1, 0.15) is 10.4 Å². The lowest BCUT2D eigenvalue weighted by atomic mass is 10.3. The van der Waals surface area contributed by atoms with E-state index in [9.17, 15) is 9.59 Å². The third-order valence-electron chi connectivity index (χ3n) is 2.09. The molecule has 2 heterocycles. The molecule has 2 aromatic rings. The van der Waals surface area contributed by atoms with Gasteiger partial charge in [-0.1, -0.05) is 0 Å². The van der Waals surface area contributed by atoms with Crippen LogP contribution in [0, 0.1) is 0 Å². The number of aromatic carboxylic acids is 1. The summed E-state index contributed by atoms with van der Waals surface area (Å²) in [6.07, 6.45) is 4.11. The lowest BCUT2D eigenvalue weighted by Crippen LogP contribution is -2.19. The smallest absolute Gasteiger partial charge is 0.342 e. The van der Waals surface area contributed by atoms with Gasteiger partial charge >= 0.3 is 5.97 Å². The van der Waals surface area contributed by atoms with E-state index in [1.165, 1.54) is 6.20 Å². The molecule has 0 aliphatic rings. The van der Waals surface area contributed by atoms with Crippen LogP contribution in [0.2, 0.25) is 0 Å². The molecule has 0 radical (unpaired) electrons. The number of aromatic amines is 1. The van der Waals surface area contributed by atoms with Crippen molar-refractivity contribution in [1.29, 1.82) is 0 Å². The Hall–Kier alpha value is -2.44. The van der Waals surface area contributed by atoms with Gasteiger partial charge in [-0.05, 0) is 0 Å². The predicted octanol–water partition coefficient (Wildman–Crippen LogP) is -0.131. The Kier molecular flexibility index (Phi) is 2.28. The minimum atomic E-state index is -1.30. The standard InChI is InChI=1S/C9H8N4O3/c1-13-4-10-3-6(13)7-11-2-5(9(15)16)8(14)12-7/h2-4H,1H3,(H,15,16)(H,11,12,14). The van der Waals surface area contributed by atoms with Crippen molar-refractivity contribution in [3.63, 3.8) is 0 Å². The van der Waals surface area contributed by atoms with Gasteiger partial charge in [0.25, 0.3) is 5.56 Å². The maximum Gasteiger partial charge on any atom is 0.342 e. The van der Waals surface area contributed by atoms with Crippen LogP contribution in [0.4, 0.5) is 0 Å². The van der Waals surface area contributed by atoms with Gasteiger partial charge in [0.1, 0.15) is 11.3 Å². The van der Waals surface area contributed by atoms with Gasteiger partial charge in [0.05, 0.1) is 12.5 Å². The minimum Gasteiger partial charge on any atom is -0.477 e. The Labute approximate surface area is 89.4 Å². The van der Waals surface area contributed by atoms with Crippen LogP contribution in [0.3, 0.4) is 0 Å². The largest absolute Gasteiger partial charge is 0.477 e. The topological polar surface area (TPSA) is 101 Å². The highest BCUT2D eigenvalue weighted by atomic mass is 16.4. The molecule has 0 bridgehead atoms. The zero-order valence-electron chi connectivity index (χ0n) is 8.34. The van der Waals surface area contributed by atoms with Gasteiger partial charge < -0.3 is 14.7 Å². The second-order valence-corrected chi connectivity index (χ2v) is 3.17. The van der Waals surface area contributed by atoms with E-state index in [1.54, 1.807) is 17.9 Å². The molecule has 0 saturated carbocycles. The van der Waals surface area contributed by atoms with Crippen molar-refractivity contribution in [3.8, 4) is 11.5 Å². The molecule has 0 amide bonds. The average molecular weight is 220 g/mol. The highest BCUT2D eigenvalue weighted by Crippen LogP contribution is 2.10. The lowest BCUT2D eigenvalue weighted by molar-refractivity contribution is 0.0694. The molecular weight excluding hydrogens is 212 g/mol. The van der Waals surface area contributed by atoms with Crippen LogP contribution in [-0.2, 0) is 7.05 Å². The van der Waals surface area contributed by atoms with E-state index in [-0.39, 0.29) is 11.4 Å². The summed E-state index contributed by atoms with van der Waals surface area (Å²) in [5.41, 5.74) is -0.460. The lowest BCUT2D eigenvalue weighted by Gasteiger charge is -2.01. The maximum atomic E-state index is 11.4. The summed E-state index contributed by atoms with van der Waals surface area (Å²) >= 11 is 0. The van der Waals surface area contributed by atoms with Gasteiger partial charge in [-0.15, -0.1) is 0 Å². The average Bonchev–Trinajstić information content (AvgIpc) is 2.63. The summed E-state index contributed by atoms with van der Waals surface area (Å²) in [4.78, 5) is 32.1. The molecule has 0 atom stereocenters. The van der Waals surface area contributed by atoms with E-state index in [1.807, 2.05) is 0 Å². The second-order valence-electron chi connectivity index (χ2n) is 3.17. The monoisotopic (exact) mass is 220 g/mol. The van der Waals surface area contributed by atoms with E-state index in [0.717, 1.165) is 6.20 Å². The summed E-state index contributed by atoms with van der Waals surface area (Å²) < 4.78 is 1.67. The van der Waals surface area contributed by atoms with E-state index < -0.39 is 11.5 Å². The number of hydrogen-bond donors (Lipinski definition) is 2. The number of aromatic nitrogens is 4. The molecule has 0 saturated heterocycles. The first-order chi connectivity index (χ1) is 7.59. The molecule has 0 spiro atoms. The molecule has 7 heteroatoms. The molecule has 2 aromatic heterocycles. The number of rotatable bonds is 2. The Bertz CT molecular complexity index is 599. The fourth-order valence-corrected chi connectivity index (χ4v) is 1.26. The quantitative estimate of drug-likeness (QED) is 0.734. The van der Waals surface area contributed by atoms with Gasteiger partial charge in [0.2, 0.25) is 0 Å². The van der Waals surface area contributed by atoms with Gasteiger partial charge in [-0.3, -0.25) is 4.79 Å². The molecule has 82 valence electrons. The number of carboxylic acid groups (broad SMARTS) is 1. The van der Waals surface area contributed by atoms with Crippen LogP contribution in [-0.4, -0.2) is 30.6 Å². The van der Waals surface area contributed by atoms with E-state index in [2.05, 4.69) is 15.0 Å². The number of imidazole rings is 1. The Morgan fingerprint density at radius 1 is 1.50 bits per heavy atom. The number of carboxylic acids is 1. The molecule has 0 unspecified atom stereocenters. The summed E-state index contributed by atoms with van der Waals surface area (Å²) in [5, 5.41) is 8.66. The van der Waals surface area contributed by atoms with Crippen LogP contribution in [0.25, 0.3) is 11.5 Å².